The molecule has 1 aliphatic heterocycles. The van der Waals surface area contributed by atoms with Crippen LogP contribution in [0.4, 0.5) is 10.5 Å². The van der Waals surface area contributed by atoms with Crippen molar-refractivity contribution in [3.05, 3.63) is 63.0 Å². The average molecular weight is 380 g/mol. The molecule has 0 aliphatic carbocycles. The number of rotatable bonds is 3. The predicted octanol–water partition coefficient (Wildman–Crippen LogP) is 5.24. The molecule has 0 unspecified atom stereocenters. The molecule has 0 aromatic heterocycles. The van der Waals surface area contributed by atoms with E-state index in [1.54, 1.807) is 48.5 Å². The van der Waals surface area contributed by atoms with E-state index in [1.807, 2.05) is 0 Å². The van der Waals surface area contributed by atoms with E-state index >= 15 is 0 Å². The first-order chi connectivity index (χ1) is 11.5. The highest BCUT2D eigenvalue weighted by molar-refractivity contribution is 8.19. The molecule has 2 amide bonds. The summed E-state index contributed by atoms with van der Waals surface area (Å²) in [6.07, 6.45) is 1.60. The number of anilines is 1. The van der Waals surface area contributed by atoms with Crippen molar-refractivity contribution >= 4 is 57.9 Å². The van der Waals surface area contributed by atoms with Crippen LogP contribution in [0.15, 0.2) is 47.4 Å². The molecule has 0 N–H and O–H groups in total. The molecule has 2 aromatic carbocycles. The molecule has 1 aliphatic rings. The predicted molar refractivity (Wildman–Crippen MR) is 97.9 cm³/mol. The van der Waals surface area contributed by atoms with Gasteiger partial charge in [-0.2, -0.15) is 0 Å². The third-order valence-corrected chi connectivity index (χ3v) is 4.68. The molecular weight excluding hydrogens is 369 g/mol. The van der Waals surface area contributed by atoms with Crippen molar-refractivity contribution in [1.29, 1.82) is 0 Å². The first-order valence-electron chi connectivity index (χ1n) is 6.86. The molecule has 122 valence electrons. The van der Waals surface area contributed by atoms with Crippen molar-refractivity contribution in [2.45, 2.75) is 0 Å². The normalized spacial score (nSPS) is 16.1. The summed E-state index contributed by atoms with van der Waals surface area (Å²) in [7, 11) is 1.53. The second-order valence-electron chi connectivity index (χ2n) is 4.88. The maximum Gasteiger partial charge on any atom is 0.298 e. The van der Waals surface area contributed by atoms with Crippen LogP contribution in [0.25, 0.3) is 6.08 Å². The molecule has 0 atom stereocenters. The molecule has 24 heavy (non-hydrogen) atoms. The Balaban J connectivity index is 1.99. The molecule has 3 rings (SSSR count). The number of nitrogens with zero attached hydrogens (tertiary/aromatic N) is 1. The first kappa shape index (κ1) is 16.9. The van der Waals surface area contributed by atoms with Crippen molar-refractivity contribution < 1.29 is 14.3 Å². The lowest BCUT2D eigenvalue weighted by Crippen LogP contribution is -2.27. The Hall–Kier alpha value is -1.95. The van der Waals surface area contributed by atoms with E-state index in [9.17, 15) is 9.59 Å². The Morgan fingerprint density at radius 2 is 1.83 bits per heavy atom. The van der Waals surface area contributed by atoms with Gasteiger partial charge in [0.05, 0.1) is 17.7 Å². The van der Waals surface area contributed by atoms with E-state index < -0.39 is 5.91 Å². The third kappa shape index (κ3) is 3.29. The lowest BCUT2D eigenvalue weighted by Gasteiger charge is -2.12. The van der Waals surface area contributed by atoms with E-state index in [2.05, 4.69) is 0 Å². The number of ether oxygens (including phenoxy) is 1. The van der Waals surface area contributed by atoms with Crippen LogP contribution in [0.5, 0.6) is 5.75 Å². The Kier molecular flexibility index (Phi) is 4.85. The number of hydrogen-bond donors (Lipinski definition) is 0. The summed E-state index contributed by atoms with van der Waals surface area (Å²) in [5.41, 5.74) is 1.06. The van der Waals surface area contributed by atoms with Crippen LogP contribution < -0.4 is 9.64 Å². The SMILES string of the molecule is COc1ccc(Cl)cc1/C=C1/SC(=O)N(c2cccc(Cl)c2)C1=O. The summed E-state index contributed by atoms with van der Waals surface area (Å²) in [6.45, 7) is 0. The molecule has 0 radical (unpaired) electrons. The third-order valence-electron chi connectivity index (χ3n) is 3.34. The minimum absolute atomic E-state index is 0.292. The lowest BCUT2D eigenvalue weighted by molar-refractivity contribution is -0.113. The second kappa shape index (κ2) is 6.89. The van der Waals surface area contributed by atoms with Gasteiger partial charge < -0.3 is 4.74 Å². The summed E-state index contributed by atoms with van der Waals surface area (Å²) >= 11 is 12.8. The van der Waals surface area contributed by atoms with Crippen LogP contribution in [0.3, 0.4) is 0 Å². The van der Waals surface area contributed by atoms with Gasteiger partial charge in [-0.05, 0) is 54.2 Å². The number of imide groups is 1. The van der Waals surface area contributed by atoms with E-state index in [0.29, 0.717) is 32.0 Å². The van der Waals surface area contributed by atoms with Gasteiger partial charge in [0.25, 0.3) is 11.1 Å². The van der Waals surface area contributed by atoms with Crippen molar-refractivity contribution in [1.82, 2.24) is 0 Å². The van der Waals surface area contributed by atoms with Crippen molar-refractivity contribution in [2.75, 3.05) is 12.0 Å². The van der Waals surface area contributed by atoms with Crippen LogP contribution in [-0.2, 0) is 4.79 Å². The van der Waals surface area contributed by atoms with Crippen LogP contribution in [0.2, 0.25) is 10.0 Å². The zero-order chi connectivity index (χ0) is 17.3. The highest BCUT2D eigenvalue weighted by atomic mass is 35.5. The number of carbonyl (C=O) groups is 2. The lowest BCUT2D eigenvalue weighted by atomic mass is 10.2. The van der Waals surface area contributed by atoms with Crippen molar-refractivity contribution in [3.63, 3.8) is 0 Å². The van der Waals surface area contributed by atoms with Crippen molar-refractivity contribution in [2.24, 2.45) is 0 Å². The summed E-state index contributed by atoms with van der Waals surface area (Å²) in [5, 5.41) is 0.581. The number of amides is 2. The topological polar surface area (TPSA) is 46.6 Å². The minimum Gasteiger partial charge on any atom is -0.496 e. The molecule has 1 heterocycles. The monoisotopic (exact) mass is 379 g/mol. The Morgan fingerprint density at radius 3 is 2.54 bits per heavy atom. The van der Waals surface area contributed by atoms with Gasteiger partial charge in [-0.15, -0.1) is 0 Å². The zero-order valence-electron chi connectivity index (χ0n) is 12.5. The summed E-state index contributed by atoms with van der Waals surface area (Å²) in [5.74, 6) is 0.156. The summed E-state index contributed by atoms with van der Waals surface area (Å²) < 4.78 is 5.26. The van der Waals surface area contributed by atoms with E-state index in [1.165, 1.54) is 7.11 Å². The number of benzene rings is 2. The van der Waals surface area contributed by atoms with Gasteiger partial charge >= 0.3 is 0 Å². The van der Waals surface area contributed by atoms with E-state index in [0.717, 1.165) is 16.7 Å². The fourth-order valence-electron chi connectivity index (χ4n) is 2.26. The first-order valence-corrected chi connectivity index (χ1v) is 8.44. The van der Waals surface area contributed by atoms with E-state index in [-0.39, 0.29) is 5.24 Å². The van der Waals surface area contributed by atoms with E-state index in [4.69, 9.17) is 27.9 Å². The molecular formula is C17H11Cl2NO3S. The highest BCUT2D eigenvalue weighted by Gasteiger charge is 2.36. The van der Waals surface area contributed by atoms with Crippen LogP contribution >= 0.6 is 35.0 Å². The standard InChI is InChI=1S/C17H11Cl2NO3S/c1-23-14-6-5-12(19)7-10(14)8-15-16(21)20(17(22)24-15)13-4-2-3-11(18)9-13/h2-9H,1H3/b15-8+. The van der Waals surface area contributed by atoms with Gasteiger partial charge in [0.1, 0.15) is 5.75 Å². The quantitative estimate of drug-likeness (QED) is 0.683. The molecule has 2 aromatic rings. The molecule has 4 nitrogen and oxygen atoms in total. The Morgan fingerprint density at radius 1 is 1.08 bits per heavy atom. The number of carbonyl (C=O) groups excluding carboxylic acids is 2. The Labute approximate surface area is 153 Å². The van der Waals surface area contributed by atoms with Gasteiger partial charge in [0, 0.05) is 15.6 Å². The second-order valence-corrected chi connectivity index (χ2v) is 6.75. The average Bonchev–Trinajstić information content (AvgIpc) is 2.81. The van der Waals surface area contributed by atoms with Gasteiger partial charge in [0.2, 0.25) is 0 Å². The zero-order valence-corrected chi connectivity index (χ0v) is 14.8. The number of halogens is 2. The number of methoxy groups -OCH3 is 1. The smallest absolute Gasteiger partial charge is 0.298 e. The maximum absolute atomic E-state index is 12.6. The summed E-state index contributed by atoms with van der Waals surface area (Å²) in [4.78, 5) is 26.2. The highest BCUT2D eigenvalue weighted by Crippen LogP contribution is 2.37. The molecule has 7 heteroatoms. The van der Waals surface area contributed by atoms with Gasteiger partial charge in [-0.1, -0.05) is 29.3 Å². The van der Waals surface area contributed by atoms with Crippen LogP contribution in [-0.4, -0.2) is 18.3 Å². The van der Waals surface area contributed by atoms with Crippen molar-refractivity contribution in [3.8, 4) is 5.75 Å². The maximum atomic E-state index is 12.6. The molecule has 1 saturated heterocycles. The largest absolute Gasteiger partial charge is 0.496 e. The summed E-state index contributed by atoms with van der Waals surface area (Å²) in [6, 6.07) is 11.7. The number of thioether (sulfide) groups is 1. The van der Waals surface area contributed by atoms with Gasteiger partial charge in [-0.3, -0.25) is 9.59 Å². The van der Waals surface area contributed by atoms with Crippen LogP contribution in [0, 0.1) is 0 Å². The van der Waals surface area contributed by atoms with Crippen LogP contribution in [0.1, 0.15) is 5.56 Å². The number of hydrogen-bond acceptors (Lipinski definition) is 4. The molecule has 0 bridgehead atoms. The minimum atomic E-state index is -0.408. The van der Waals surface area contributed by atoms with Gasteiger partial charge in [0.15, 0.2) is 0 Å². The molecule has 1 fully saturated rings. The molecule has 0 spiro atoms. The fourth-order valence-corrected chi connectivity index (χ4v) is 3.46. The van der Waals surface area contributed by atoms with Gasteiger partial charge in [-0.25, -0.2) is 4.90 Å². The Bertz CT molecular complexity index is 867. The fraction of sp³-hybridized carbons (Fsp3) is 0.0588. The molecule has 0 saturated carbocycles.